The lowest BCUT2D eigenvalue weighted by Crippen LogP contribution is -2.20. The summed E-state index contributed by atoms with van der Waals surface area (Å²) < 4.78 is 5.28. The third-order valence-corrected chi connectivity index (χ3v) is 4.12. The van der Waals surface area contributed by atoms with Crippen molar-refractivity contribution in [3.63, 3.8) is 0 Å². The zero-order valence-electron chi connectivity index (χ0n) is 12.1. The van der Waals surface area contributed by atoms with E-state index in [0.717, 1.165) is 30.4 Å². The van der Waals surface area contributed by atoms with Crippen molar-refractivity contribution in [2.24, 2.45) is 5.73 Å². The van der Waals surface area contributed by atoms with Crippen molar-refractivity contribution in [2.75, 3.05) is 0 Å². The lowest BCUT2D eigenvalue weighted by Gasteiger charge is -2.25. The van der Waals surface area contributed by atoms with Crippen LogP contribution in [-0.4, -0.2) is 6.09 Å². The Bertz CT molecular complexity index is 679. The number of amides is 1. The maximum Gasteiger partial charge on any atom is 0.405 e. The monoisotopic (exact) mass is 281 g/mol. The van der Waals surface area contributed by atoms with E-state index in [1.165, 1.54) is 16.7 Å². The third kappa shape index (κ3) is 2.77. The molecule has 0 spiro atoms. The Kier molecular flexibility index (Phi) is 3.65. The van der Waals surface area contributed by atoms with Crippen molar-refractivity contribution in [1.82, 2.24) is 0 Å². The van der Waals surface area contributed by atoms with Gasteiger partial charge in [0.05, 0.1) is 0 Å². The molecule has 0 heterocycles. The van der Waals surface area contributed by atoms with E-state index >= 15 is 0 Å². The van der Waals surface area contributed by atoms with Crippen LogP contribution in [0.5, 0.6) is 0 Å². The first-order chi connectivity index (χ1) is 10.1. The molecule has 1 aliphatic rings. The molecule has 0 bridgehead atoms. The van der Waals surface area contributed by atoms with Gasteiger partial charge >= 0.3 is 6.09 Å². The van der Waals surface area contributed by atoms with Crippen molar-refractivity contribution >= 4 is 6.09 Å². The molecule has 2 aromatic rings. The number of primary amides is 1. The van der Waals surface area contributed by atoms with Gasteiger partial charge < -0.3 is 10.5 Å². The summed E-state index contributed by atoms with van der Waals surface area (Å²) in [6.07, 6.45) is 1.98. The molecule has 3 nitrogen and oxygen atoms in total. The highest BCUT2D eigenvalue weighted by atomic mass is 16.6. The Morgan fingerprint density at radius 3 is 2.81 bits per heavy atom. The van der Waals surface area contributed by atoms with Crippen molar-refractivity contribution in [1.29, 1.82) is 0 Å². The summed E-state index contributed by atoms with van der Waals surface area (Å²) in [5.74, 6) is 0. The standard InChI is InChI=1S/C18H19NO2/c1-12-5-2-3-7-15(12)14-10-9-13-6-4-8-17(16(13)11-14)21-18(19)20/h2-3,5,7,9-11,17H,4,6,8H2,1H3,(H2,19,20). The van der Waals surface area contributed by atoms with Crippen LogP contribution < -0.4 is 5.73 Å². The predicted octanol–water partition coefficient (Wildman–Crippen LogP) is 4.13. The average molecular weight is 281 g/mol. The molecular formula is C18H19NO2. The summed E-state index contributed by atoms with van der Waals surface area (Å²) in [4.78, 5) is 11.1. The molecule has 0 aromatic heterocycles. The molecular weight excluding hydrogens is 262 g/mol. The molecule has 0 fully saturated rings. The Morgan fingerprint density at radius 2 is 2.05 bits per heavy atom. The summed E-state index contributed by atoms with van der Waals surface area (Å²) in [5.41, 5.74) is 11.2. The molecule has 1 aliphatic carbocycles. The van der Waals surface area contributed by atoms with Gasteiger partial charge in [-0.05, 0) is 60.1 Å². The van der Waals surface area contributed by atoms with Crippen LogP contribution in [0.3, 0.4) is 0 Å². The highest BCUT2D eigenvalue weighted by Crippen LogP contribution is 2.36. The van der Waals surface area contributed by atoms with Gasteiger partial charge in [-0.1, -0.05) is 36.4 Å². The number of ether oxygens (including phenoxy) is 1. The Hall–Kier alpha value is -2.29. The van der Waals surface area contributed by atoms with E-state index in [9.17, 15) is 4.79 Å². The number of nitrogens with two attached hydrogens (primary N) is 1. The molecule has 1 amide bonds. The number of hydrogen-bond donors (Lipinski definition) is 1. The number of hydrogen-bond acceptors (Lipinski definition) is 2. The SMILES string of the molecule is Cc1ccccc1-c1ccc2c(c1)C(OC(N)=O)CCC2. The van der Waals surface area contributed by atoms with Crippen LogP contribution in [-0.2, 0) is 11.2 Å². The minimum atomic E-state index is -0.700. The van der Waals surface area contributed by atoms with Crippen LogP contribution in [0.25, 0.3) is 11.1 Å². The van der Waals surface area contributed by atoms with Gasteiger partial charge in [-0.2, -0.15) is 0 Å². The second-order valence-corrected chi connectivity index (χ2v) is 5.55. The van der Waals surface area contributed by atoms with E-state index in [-0.39, 0.29) is 6.10 Å². The molecule has 0 aliphatic heterocycles. The van der Waals surface area contributed by atoms with Crippen LogP contribution in [0.2, 0.25) is 0 Å². The fraction of sp³-hybridized carbons (Fsp3) is 0.278. The quantitative estimate of drug-likeness (QED) is 0.899. The maximum atomic E-state index is 11.1. The van der Waals surface area contributed by atoms with E-state index < -0.39 is 6.09 Å². The molecule has 0 radical (unpaired) electrons. The topological polar surface area (TPSA) is 52.3 Å². The minimum Gasteiger partial charge on any atom is -0.442 e. The molecule has 2 aromatic carbocycles. The fourth-order valence-corrected chi connectivity index (χ4v) is 3.08. The highest BCUT2D eigenvalue weighted by Gasteiger charge is 2.23. The van der Waals surface area contributed by atoms with Crippen LogP contribution in [0.15, 0.2) is 42.5 Å². The van der Waals surface area contributed by atoms with Crippen molar-refractivity contribution in [3.8, 4) is 11.1 Å². The Balaban J connectivity index is 2.03. The molecule has 3 heteroatoms. The summed E-state index contributed by atoms with van der Waals surface area (Å²) in [6, 6.07) is 14.7. The number of fused-ring (bicyclic) bond motifs is 1. The number of benzene rings is 2. The van der Waals surface area contributed by atoms with Crippen molar-refractivity contribution in [3.05, 3.63) is 59.2 Å². The highest BCUT2D eigenvalue weighted by molar-refractivity contribution is 5.69. The number of carbonyl (C=O) groups excluding carboxylic acids is 1. The first kappa shape index (κ1) is 13.7. The maximum absolute atomic E-state index is 11.1. The van der Waals surface area contributed by atoms with E-state index in [0.29, 0.717) is 0 Å². The van der Waals surface area contributed by atoms with Gasteiger partial charge in [0.1, 0.15) is 6.10 Å². The van der Waals surface area contributed by atoms with Crippen LogP contribution in [0, 0.1) is 6.92 Å². The normalized spacial score (nSPS) is 17.1. The van der Waals surface area contributed by atoms with Gasteiger partial charge in [-0.3, -0.25) is 0 Å². The van der Waals surface area contributed by atoms with Gasteiger partial charge in [0, 0.05) is 0 Å². The minimum absolute atomic E-state index is 0.213. The van der Waals surface area contributed by atoms with Gasteiger partial charge in [0.15, 0.2) is 0 Å². The van der Waals surface area contributed by atoms with E-state index in [4.69, 9.17) is 10.5 Å². The van der Waals surface area contributed by atoms with E-state index in [2.05, 4.69) is 37.3 Å². The second kappa shape index (κ2) is 5.60. The van der Waals surface area contributed by atoms with Gasteiger partial charge in [0.25, 0.3) is 0 Å². The molecule has 3 rings (SSSR count). The molecule has 1 unspecified atom stereocenters. The first-order valence-corrected chi connectivity index (χ1v) is 7.30. The largest absolute Gasteiger partial charge is 0.442 e. The molecule has 108 valence electrons. The molecule has 2 N–H and O–H groups in total. The summed E-state index contributed by atoms with van der Waals surface area (Å²) in [7, 11) is 0. The number of rotatable bonds is 2. The lowest BCUT2D eigenvalue weighted by atomic mass is 9.86. The van der Waals surface area contributed by atoms with Gasteiger partial charge in [0.2, 0.25) is 0 Å². The predicted molar refractivity (Wildman–Crippen MR) is 83.0 cm³/mol. The summed E-state index contributed by atoms with van der Waals surface area (Å²) in [5, 5.41) is 0. The lowest BCUT2D eigenvalue weighted by molar-refractivity contribution is 0.0959. The summed E-state index contributed by atoms with van der Waals surface area (Å²) in [6.45, 7) is 2.10. The Morgan fingerprint density at radius 1 is 1.24 bits per heavy atom. The fourth-order valence-electron chi connectivity index (χ4n) is 3.08. The Labute approximate surface area is 124 Å². The molecule has 1 atom stereocenters. The van der Waals surface area contributed by atoms with E-state index in [1.54, 1.807) is 0 Å². The molecule has 0 saturated heterocycles. The van der Waals surface area contributed by atoms with Crippen LogP contribution in [0.1, 0.15) is 35.6 Å². The number of aryl methyl sites for hydroxylation is 2. The third-order valence-electron chi connectivity index (χ3n) is 4.12. The van der Waals surface area contributed by atoms with Gasteiger partial charge in [-0.15, -0.1) is 0 Å². The smallest absolute Gasteiger partial charge is 0.405 e. The zero-order valence-corrected chi connectivity index (χ0v) is 12.1. The van der Waals surface area contributed by atoms with Crippen molar-refractivity contribution in [2.45, 2.75) is 32.3 Å². The van der Waals surface area contributed by atoms with E-state index in [1.807, 2.05) is 12.1 Å². The van der Waals surface area contributed by atoms with Crippen LogP contribution >= 0.6 is 0 Å². The number of carbonyl (C=O) groups is 1. The van der Waals surface area contributed by atoms with Crippen molar-refractivity contribution < 1.29 is 9.53 Å². The average Bonchev–Trinajstić information content (AvgIpc) is 2.47. The van der Waals surface area contributed by atoms with Gasteiger partial charge in [-0.25, -0.2) is 4.79 Å². The second-order valence-electron chi connectivity index (χ2n) is 5.55. The first-order valence-electron chi connectivity index (χ1n) is 7.30. The summed E-state index contributed by atoms with van der Waals surface area (Å²) >= 11 is 0. The molecule has 0 saturated carbocycles. The van der Waals surface area contributed by atoms with Crippen LogP contribution in [0.4, 0.5) is 4.79 Å². The zero-order chi connectivity index (χ0) is 14.8. The molecule has 21 heavy (non-hydrogen) atoms.